The maximum absolute atomic E-state index is 11.7. The van der Waals surface area contributed by atoms with E-state index in [0.717, 1.165) is 32.1 Å². The molecule has 6 nitrogen and oxygen atoms in total. The summed E-state index contributed by atoms with van der Waals surface area (Å²) in [7, 11) is 0. The maximum atomic E-state index is 11.7. The number of carbonyl (C=O) groups is 3. The monoisotopic (exact) mass is 286 g/mol. The Labute approximate surface area is 120 Å². The molecule has 0 aromatic carbocycles. The van der Waals surface area contributed by atoms with E-state index in [1.807, 2.05) is 0 Å². The summed E-state index contributed by atoms with van der Waals surface area (Å²) in [4.78, 5) is 33.7. The van der Waals surface area contributed by atoms with Gasteiger partial charge in [-0.2, -0.15) is 0 Å². The molecule has 0 spiro atoms. The molecule has 0 heterocycles. The Morgan fingerprint density at radius 2 is 1.80 bits per heavy atom. The summed E-state index contributed by atoms with van der Waals surface area (Å²) in [5, 5.41) is 10.9. The van der Waals surface area contributed by atoms with Crippen molar-refractivity contribution in [2.24, 2.45) is 11.7 Å². The number of carboxylic acid groups (broad SMARTS) is 1. The van der Waals surface area contributed by atoms with Crippen molar-refractivity contribution in [3.05, 3.63) is 0 Å². The number of nitrogens with two attached hydrogens (primary N) is 1. The van der Waals surface area contributed by atoms with Crippen LogP contribution in [-0.4, -0.2) is 28.9 Å². The third kappa shape index (κ3) is 8.63. The molecule has 1 unspecified atom stereocenters. The average molecular weight is 286 g/mol. The molecular formula is C14H26N2O4. The van der Waals surface area contributed by atoms with Crippen molar-refractivity contribution in [2.45, 2.75) is 64.8 Å². The second-order valence-electron chi connectivity index (χ2n) is 5.15. The fourth-order valence-electron chi connectivity index (χ4n) is 1.74. The van der Waals surface area contributed by atoms with Gasteiger partial charge in [-0.15, -0.1) is 0 Å². The van der Waals surface area contributed by atoms with Gasteiger partial charge < -0.3 is 10.8 Å². The first-order valence-electron chi connectivity index (χ1n) is 7.20. The Hall–Kier alpha value is -1.43. The Morgan fingerprint density at radius 3 is 2.35 bits per heavy atom. The first-order valence-corrected chi connectivity index (χ1v) is 7.20. The molecule has 0 aliphatic heterocycles. The van der Waals surface area contributed by atoms with Crippen LogP contribution in [-0.2, 0) is 14.4 Å². The minimum atomic E-state index is -1.14. The van der Waals surface area contributed by atoms with Gasteiger partial charge in [-0.3, -0.25) is 19.7 Å². The predicted molar refractivity (Wildman–Crippen MR) is 75.9 cm³/mol. The lowest BCUT2D eigenvalue weighted by Crippen LogP contribution is -2.37. The van der Waals surface area contributed by atoms with E-state index < -0.39 is 17.9 Å². The maximum Gasteiger partial charge on any atom is 0.320 e. The molecule has 2 atom stereocenters. The van der Waals surface area contributed by atoms with Gasteiger partial charge in [0, 0.05) is 12.3 Å². The Morgan fingerprint density at radius 1 is 1.15 bits per heavy atom. The molecule has 0 aliphatic carbocycles. The van der Waals surface area contributed by atoms with Gasteiger partial charge in [0.15, 0.2) is 0 Å². The first kappa shape index (κ1) is 18.6. The molecule has 2 amide bonds. The zero-order valence-corrected chi connectivity index (χ0v) is 12.4. The minimum Gasteiger partial charge on any atom is -0.480 e. The normalized spacial score (nSPS) is 13.6. The first-order chi connectivity index (χ1) is 9.38. The van der Waals surface area contributed by atoms with Crippen LogP contribution in [0.4, 0.5) is 0 Å². The molecule has 0 saturated heterocycles. The third-order valence-electron chi connectivity index (χ3n) is 3.20. The Bertz CT molecular complexity index is 331. The molecule has 0 fully saturated rings. The van der Waals surface area contributed by atoms with Gasteiger partial charge in [0.1, 0.15) is 6.04 Å². The van der Waals surface area contributed by atoms with E-state index in [2.05, 4.69) is 12.2 Å². The molecule has 20 heavy (non-hydrogen) atoms. The number of rotatable bonds is 10. The molecular weight excluding hydrogens is 260 g/mol. The van der Waals surface area contributed by atoms with Crippen molar-refractivity contribution in [2.75, 3.05) is 0 Å². The van der Waals surface area contributed by atoms with Crippen LogP contribution in [0.3, 0.4) is 0 Å². The van der Waals surface area contributed by atoms with Crippen molar-refractivity contribution >= 4 is 17.8 Å². The van der Waals surface area contributed by atoms with Crippen molar-refractivity contribution < 1.29 is 19.5 Å². The number of hydrogen-bond donors (Lipinski definition) is 3. The van der Waals surface area contributed by atoms with Crippen LogP contribution in [0.25, 0.3) is 0 Å². The molecule has 0 aliphatic rings. The van der Waals surface area contributed by atoms with Crippen molar-refractivity contribution in [1.29, 1.82) is 0 Å². The summed E-state index contributed by atoms with van der Waals surface area (Å²) >= 11 is 0. The van der Waals surface area contributed by atoms with Crippen LogP contribution in [0.15, 0.2) is 0 Å². The van der Waals surface area contributed by atoms with Gasteiger partial charge in [-0.25, -0.2) is 0 Å². The molecule has 0 saturated carbocycles. The van der Waals surface area contributed by atoms with E-state index in [0.29, 0.717) is 0 Å². The molecule has 0 aromatic rings. The summed E-state index contributed by atoms with van der Waals surface area (Å²) in [5.41, 5.74) is 5.29. The van der Waals surface area contributed by atoms with Gasteiger partial charge >= 0.3 is 5.97 Å². The quantitative estimate of drug-likeness (QED) is 0.526. The van der Waals surface area contributed by atoms with E-state index in [9.17, 15) is 14.4 Å². The molecule has 0 aromatic heterocycles. The molecule has 6 heteroatoms. The van der Waals surface area contributed by atoms with Crippen LogP contribution < -0.4 is 11.1 Å². The summed E-state index contributed by atoms with van der Waals surface area (Å²) in [6.07, 6.45) is 5.09. The number of unbranched alkanes of at least 4 members (excludes halogenated alkanes) is 3. The van der Waals surface area contributed by atoms with Crippen LogP contribution >= 0.6 is 0 Å². The van der Waals surface area contributed by atoms with Gasteiger partial charge in [0.05, 0.1) is 0 Å². The summed E-state index contributed by atoms with van der Waals surface area (Å²) < 4.78 is 0. The summed E-state index contributed by atoms with van der Waals surface area (Å²) in [5.74, 6) is -2.11. The van der Waals surface area contributed by atoms with Gasteiger partial charge in [0.2, 0.25) is 11.8 Å². The summed E-state index contributed by atoms with van der Waals surface area (Å²) in [6.45, 7) is 3.91. The smallest absolute Gasteiger partial charge is 0.320 e. The molecule has 0 radical (unpaired) electrons. The number of carboxylic acids is 1. The number of amides is 2. The number of nitrogens with one attached hydrogen (secondary N) is 1. The lowest BCUT2D eigenvalue weighted by atomic mass is 10.0. The summed E-state index contributed by atoms with van der Waals surface area (Å²) in [6, 6.07) is -1.07. The number of hydrogen-bond acceptors (Lipinski definition) is 4. The highest BCUT2D eigenvalue weighted by Gasteiger charge is 2.17. The third-order valence-corrected chi connectivity index (χ3v) is 3.20. The van der Waals surface area contributed by atoms with Crippen LogP contribution in [0.1, 0.15) is 58.8 Å². The van der Waals surface area contributed by atoms with Crippen molar-refractivity contribution in [3.63, 3.8) is 0 Å². The lowest BCUT2D eigenvalue weighted by molar-refractivity contribution is -0.138. The van der Waals surface area contributed by atoms with E-state index in [4.69, 9.17) is 10.8 Å². The van der Waals surface area contributed by atoms with Gasteiger partial charge in [-0.05, 0) is 12.8 Å². The minimum absolute atomic E-state index is 0.0271. The highest BCUT2D eigenvalue weighted by Crippen LogP contribution is 2.10. The zero-order valence-electron chi connectivity index (χ0n) is 12.4. The van der Waals surface area contributed by atoms with Crippen LogP contribution in [0.2, 0.25) is 0 Å². The van der Waals surface area contributed by atoms with E-state index in [-0.39, 0.29) is 24.7 Å². The van der Waals surface area contributed by atoms with Gasteiger partial charge in [-0.1, -0.05) is 39.5 Å². The molecule has 116 valence electrons. The predicted octanol–water partition coefficient (Wildman–Crippen LogP) is 1.43. The van der Waals surface area contributed by atoms with Gasteiger partial charge in [0.25, 0.3) is 0 Å². The SMILES string of the molecule is CCCCCCC(C)C(=O)NC(=O)CC[C@@H](N)C(=O)O. The zero-order chi connectivity index (χ0) is 15.5. The number of carbonyl (C=O) groups excluding carboxylic acids is 2. The van der Waals surface area contributed by atoms with E-state index in [1.54, 1.807) is 6.92 Å². The highest BCUT2D eigenvalue weighted by atomic mass is 16.4. The average Bonchev–Trinajstić information content (AvgIpc) is 2.40. The lowest BCUT2D eigenvalue weighted by Gasteiger charge is -2.11. The standard InChI is InChI=1S/C14H26N2O4/c1-3-4-5-6-7-10(2)13(18)16-12(17)9-8-11(15)14(19)20/h10-11H,3-9,15H2,1-2H3,(H,19,20)(H,16,17,18)/t10?,11-/m1/s1. The highest BCUT2D eigenvalue weighted by molar-refractivity contribution is 5.96. The topological polar surface area (TPSA) is 109 Å². The second-order valence-corrected chi connectivity index (χ2v) is 5.15. The Balaban J connectivity index is 3.88. The van der Waals surface area contributed by atoms with Crippen LogP contribution in [0.5, 0.6) is 0 Å². The largest absolute Gasteiger partial charge is 0.480 e. The molecule has 0 bridgehead atoms. The Kier molecular flexibility index (Phi) is 9.63. The van der Waals surface area contributed by atoms with Crippen LogP contribution in [0, 0.1) is 5.92 Å². The molecule has 4 N–H and O–H groups in total. The number of aliphatic carboxylic acids is 1. The van der Waals surface area contributed by atoms with Crippen molar-refractivity contribution in [3.8, 4) is 0 Å². The second kappa shape index (κ2) is 10.4. The fourth-order valence-corrected chi connectivity index (χ4v) is 1.74. The fraction of sp³-hybridized carbons (Fsp3) is 0.786. The van der Waals surface area contributed by atoms with E-state index in [1.165, 1.54) is 0 Å². The number of imide groups is 1. The van der Waals surface area contributed by atoms with Crippen molar-refractivity contribution in [1.82, 2.24) is 5.32 Å². The molecule has 0 rings (SSSR count). The van der Waals surface area contributed by atoms with E-state index >= 15 is 0 Å².